The number of hydrogen-bond donors (Lipinski definition) is 0. The molecule has 1 spiro atoms. The molecule has 4 aromatic rings. The summed E-state index contributed by atoms with van der Waals surface area (Å²) >= 11 is -4.11. The summed E-state index contributed by atoms with van der Waals surface area (Å²) in [6.45, 7) is 0. The Kier molecular flexibility index (Phi) is 5.48. The van der Waals surface area contributed by atoms with Gasteiger partial charge in [0.1, 0.15) is 0 Å². The zero-order valence-corrected chi connectivity index (χ0v) is 22.9. The van der Waals surface area contributed by atoms with Crippen molar-refractivity contribution in [1.82, 2.24) is 0 Å². The molecule has 2 aliphatic heterocycles. The molecule has 2 radical (unpaired) electrons. The third-order valence-corrected chi connectivity index (χ3v) is 17.4. The molecule has 37 heavy (non-hydrogen) atoms. The third-order valence-electron chi connectivity index (χ3n) is 7.31. The SMILES string of the molecule is COc1ccc2[c](c1)[Ge]1([c]3cc(OC)ccc3N2[O])[c]2cc(OC)ccc2N([O])c2ccc(OC)c[c]21. The Bertz CT molecular complexity index is 1310. The Hall–Kier alpha value is -3.86. The summed E-state index contributed by atoms with van der Waals surface area (Å²) in [5.41, 5.74) is 2.11. The zero-order valence-electron chi connectivity index (χ0n) is 20.8. The summed E-state index contributed by atoms with van der Waals surface area (Å²) < 4.78 is 25.9. The van der Waals surface area contributed by atoms with Crippen molar-refractivity contribution in [3.63, 3.8) is 0 Å². The van der Waals surface area contributed by atoms with E-state index in [1.807, 2.05) is 24.3 Å². The zero-order chi connectivity index (χ0) is 25.9. The van der Waals surface area contributed by atoms with Crippen molar-refractivity contribution in [2.45, 2.75) is 0 Å². The van der Waals surface area contributed by atoms with Crippen molar-refractivity contribution >= 4 is 53.6 Å². The summed E-state index contributed by atoms with van der Waals surface area (Å²) in [6.07, 6.45) is 0. The Morgan fingerprint density at radius 1 is 0.459 bits per heavy atom. The summed E-state index contributed by atoms with van der Waals surface area (Å²) in [6, 6.07) is 22.1. The molecular weight excluding hydrogens is 533 g/mol. The van der Waals surface area contributed by atoms with Gasteiger partial charge in [-0.1, -0.05) is 0 Å². The number of fused-ring (bicyclic) bond motifs is 8. The van der Waals surface area contributed by atoms with Crippen molar-refractivity contribution in [3.8, 4) is 23.0 Å². The minimum absolute atomic E-state index is 0.528. The van der Waals surface area contributed by atoms with Crippen LogP contribution < -0.4 is 46.7 Å². The van der Waals surface area contributed by atoms with Crippen LogP contribution >= 0.6 is 0 Å². The Labute approximate surface area is 217 Å². The summed E-state index contributed by atoms with van der Waals surface area (Å²) in [5, 5.41) is 29.5. The van der Waals surface area contributed by atoms with E-state index in [1.165, 1.54) is 0 Å². The van der Waals surface area contributed by atoms with Gasteiger partial charge in [-0.2, -0.15) is 0 Å². The van der Waals surface area contributed by atoms with Crippen LogP contribution in [0.3, 0.4) is 0 Å². The van der Waals surface area contributed by atoms with Gasteiger partial charge in [-0.3, -0.25) is 0 Å². The number of rotatable bonds is 4. The molecule has 2 aliphatic rings. The Morgan fingerprint density at radius 3 is 0.919 bits per heavy atom. The van der Waals surface area contributed by atoms with Gasteiger partial charge in [0, 0.05) is 0 Å². The van der Waals surface area contributed by atoms with Gasteiger partial charge >= 0.3 is 217 Å². The number of benzene rings is 4. The van der Waals surface area contributed by atoms with E-state index in [-0.39, 0.29) is 0 Å². The first-order valence-electron chi connectivity index (χ1n) is 11.7. The van der Waals surface area contributed by atoms with Crippen molar-refractivity contribution in [2.24, 2.45) is 0 Å². The molecule has 0 fully saturated rings. The van der Waals surface area contributed by atoms with Crippen LogP contribution in [0, 0.1) is 0 Å². The van der Waals surface area contributed by atoms with Crippen LogP contribution in [-0.2, 0) is 10.4 Å². The first kappa shape index (κ1) is 23.5. The molecule has 0 saturated heterocycles. The van der Waals surface area contributed by atoms with Crippen molar-refractivity contribution in [3.05, 3.63) is 72.8 Å². The molecule has 0 bridgehead atoms. The Morgan fingerprint density at radius 2 is 0.703 bits per heavy atom. The summed E-state index contributed by atoms with van der Waals surface area (Å²) in [4.78, 5) is 0. The van der Waals surface area contributed by atoms with E-state index in [0.29, 0.717) is 45.7 Å². The molecule has 2 heterocycles. The van der Waals surface area contributed by atoms with Gasteiger partial charge in [0.25, 0.3) is 0 Å². The maximum absolute atomic E-state index is 13.8. The normalized spacial score (nSPS) is 14.3. The van der Waals surface area contributed by atoms with E-state index in [9.17, 15) is 10.4 Å². The molecule has 0 aliphatic carbocycles. The van der Waals surface area contributed by atoms with Gasteiger partial charge in [0.2, 0.25) is 0 Å². The van der Waals surface area contributed by atoms with Crippen LogP contribution in [-0.4, -0.2) is 41.7 Å². The quantitative estimate of drug-likeness (QED) is 0.359. The van der Waals surface area contributed by atoms with E-state index in [0.717, 1.165) is 27.7 Å². The second-order valence-corrected chi connectivity index (χ2v) is 16.5. The molecule has 0 atom stereocenters. The molecule has 0 amide bonds. The first-order valence-corrected chi connectivity index (χ1v) is 15.9. The molecule has 8 nitrogen and oxygen atoms in total. The first-order chi connectivity index (χ1) is 18.0. The predicted octanol–water partition coefficient (Wildman–Crippen LogP) is 2.69. The monoisotopic (exact) mass is 558 g/mol. The number of nitrogens with zero attached hydrogens (tertiary/aromatic N) is 2. The second-order valence-electron chi connectivity index (χ2n) is 8.87. The maximum atomic E-state index is 13.8. The third kappa shape index (κ3) is 3.16. The van der Waals surface area contributed by atoms with Crippen LogP contribution in [0.25, 0.3) is 0 Å². The van der Waals surface area contributed by atoms with Crippen LogP contribution in [0.5, 0.6) is 23.0 Å². The van der Waals surface area contributed by atoms with Crippen molar-refractivity contribution in [1.29, 1.82) is 0 Å². The van der Waals surface area contributed by atoms with Crippen LogP contribution in [0.4, 0.5) is 22.7 Å². The van der Waals surface area contributed by atoms with E-state index in [1.54, 1.807) is 77.0 Å². The summed E-state index contributed by atoms with van der Waals surface area (Å²) in [7, 11) is 6.41. The number of anilines is 4. The van der Waals surface area contributed by atoms with Gasteiger partial charge in [-0.15, -0.1) is 0 Å². The van der Waals surface area contributed by atoms with Gasteiger partial charge in [0.05, 0.1) is 0 Å². The minimum atomic E-state index is -4.11. The molecule has 0 saturated carbocycles. The van der Waals surface area contributed by atoms with Crippen LogP contribution in [0.1, 0.15) is 0 Å². The Balaban J connectivity index is 1.87. The molecular formula is C28H24GeN2O6. The average molecular weight is 557 g/mol. The fourth-order valence-electron chi connectivity index (χ4n) is 5.61. The number of hydrogen-bond acceptors (Lipinski definition) is 6. The van der Waals surface area contributed by atoms with Crippen LogP contribution in [0.15, 0.2) is 72.8 Å². The molecule has 6 rings (SSSR count). The molecule has 0 N–H and O–H groups in total. The predicted molar refractivity (Wildman–Crippen MR) is 142 cm³/mol. The standard InChI is InChI=1S/C28H24GeN2O6/c1-34-17-5-9-25-21(13-17)29(22-14-18(35-2)6-10-26(22)30(25)32)23-15-19(36-3)7-11-27(23)31(33)28-12-8-20(37-4)16-24(28)29/h5-16H,1-4H3. The van der Waals surface area contributed by atoms with Crippen molar-refractivity contribution < 1.29 is 29.4 Å². The topological polar surface area (TPSA) is 83.2 Å². The fraction of sp³-hybridized carbons (Fsp3) is 0.143. The van der Waals surface area contributed by atoms with Gasteiger partial charge in [-0.25, -0.2) is 0 Å². The van der Waals surface area contributed by atoms with Gasteiger partial charge < -0.3 is 0 Å². The number of ether oxygens (including phenoxy) is 4. The molecule has 186 valence electrons. The summed E-state index contributed by atoms with van der Waals surface area (Å²) in [5.74, 6) is 2.51. The molecule has 0 unspecified atom stereocenters. The molecule has 0 aromatic heterocycles. The van der Waals surface area contributed by atoms with Crippen molar-refractivity contribution in [2.75, 3.05) is 38.6 Å². The second kappa shape index (κ2) is 8.62. The van der Waals surface area contributed by atoms with E-state index in [4.69, 9.17) is 18.9 Å². The van der Waals surface area contributed by atoms with Crippen LogP contribution in [0.2, 0.25) is 0 Å². The van der Waals surface area contributed by atoms with E-state index < -0.39 is 13.3 Å². The fourth-order valence-corrected chi connectivity index (χ4v) is 17.0. The molecule has 9 heteroatoms. The number of methoxy groups -OCH3 is 4. The van der Waals surface area contributed by atoms with Gasteiger partial charge in [-0.05, 0) is 0 Å². The van der Waals surface area contributed by atoms with E-state index >= 15 is 0 Å². The van der Waals surface area contributed by atoms with Gasteiger partial charge in [0.15, 0.2) is 0 Å². The average Bonchev–Trinajstić information content (AvgIpc) is 2.96. The molecule has 4 aromatic carbocycles. The van der Waals surface area contributed by atoms with E-state index in [2.05, 4.69) is 0 Å².